The number of halogens is 1. The molecule has 1 aromatic heterocycles. The molecule has 0 fully saturated rings. The Kier molecular flexibility index (Phi) is 2.48. The minimum absolute atomic E-state index is 0.131. The van der Waals surface area contributed by atoms with Gasteiger partial charge in [-0.2, -0.15) is 0 Å². The molecule has 0 saturated carbocycles. The highest BCUT2D eigenvalue weighted by atomic mass is 79.9. The highest BCUT2D eigenvalue weighted by molar-refractivity contribution is 9.10. The van der Waals surface area contributed by atoms with Crippen LogP contribution in [-0.2, 0) is 0 Å². The molecule has 3 nitrogen and oxygen atoms in total. The third-order valence-corrected chi connectivity index (χ3v) is 1.94. The third-order valence-electron chi connectivity index (χ3n) is 1.30. The van der Waals surface area contributed by atoms with Crippen molar-refractivity contribution in [2.24, 2.45) is 11.5 Å². The number of furan rings is 1. The van der Waals surface area contributed by atoms with Gasteiger partial charge in [0.25, 0.3) is 0 Å². The van der Waals surface area contributed by atoms with Gasteiger partial charge in [-0.1, -0.05) is 0 Å². The van der Waals surface area contributed by atoms with Crippen molar-refractivity contribution in [1.82, 2.24) is 0 Å². The zero-order valence-electron chi connectivity index (χ0n) is 5.38. The van der Waals surface area contributed by atoms with Crippen LogP contribution in [0.2, 0.25) is 0 Å². The van der Waals surface area contributed by atoms with Gasteiger partial charge in [-0.05, 0) is 15.9 Å². The van der Waals surface area contributed by atoms with Crippen molar-refractivity contribution in [1.29, 1.82) is 0 Å². The van der Waals surface area contributed by atoms with Crippen LogP contribution in [0.25, 0.3) is 0 Å². The van der Waals surface area contributed by atoms with Crippen LogP contribution in [0, 0.1) is 0 Å². The van der Waals surface area contributed by atoms with E-state index in [-0.39, 0.29) is 6.04 Å². The van der Waals surface area contributed by atoms with E-state index in [1.807, 2.05) is 0 Å². The maximum absolute atomic E-state index is 5.62. The predicted octanol–water partition coefficient (Wildman–Crippen LogP) is 1.00. The molecule has 0 radical (unpaired) electrons. The molecular formula is C6H9BrN2O. The van der Waals surface area contributed by atoms with E-state index in [9.17, 15) is 0 Å². The van der Waals surface area contributed by atoms with Crippen molar-refractivity contribution >= 4 is 15.9 Å². The van der Waals surface area contributed by atoms with Crippen molar-refractivity contribution in [3.63, 3.8) is 0 Å². The number of hydrogen-bond donors (Lipinski definition) is 2. The zero-order valence-corrected chi connectivity index (χ0v) is 6.97. The maximum atomic E-state index is 5.62. The van der Waals surface area contributed by atoms with E-state index >= 15 is 0 Å². The average Bonchev–Trinajstić information content (AvgIpc) is 2.34. The van der Waals surface area contributed by atoms with Crippen LogP contribution in [0.1, 0.15) is 11.6 Å². The summed E-state index contributed by atoms with van der Waals surface area (Å²) in [5.41, 5.74) is 11.9. The quantitative estimate of drug-likeness (QED) is 0.756. The van der Waals surface area contributed by atoms with Crippen molar-refractivity contribution in [2.75, 3.05) is 6.54 Å². The van der Waals surface area contributed by atoms with E-state index in [0.717, 1.165) is 10.0 Å². The van der Waals surface area contributed by atoms with Gasteiger partial charge in [-0.25, -0.2) is 0 Å². The van der Waals surface area contributed by atoms with Crippen LogP contribution >= 0.6 is 15.9 Å². The molecular weight excluding hydrogens is 196 g/mol. The van der Waals surface area contributed by atoms with Crippen molar-refractivity contribution < 1.29 is 4.42 Å². The second-order valence-corrected chi connectivity index (χ2v) is 2.87. The molecule has 0 aliphatic rings. The lowest BCUT2D eigenvalue weighted by Crippen LogP contribution is -2.20. The molecule has 0 aromatic carbocycles. The lowest BCUT2D eigenvalue weighted by atomic mass is 10.2. The predicted molar refractivity (Wildman–Crippen MR) is 42.4 cm³/mol. The molecule has 0 aliphatic heterocycles. The van der Waals surface area contributed by atoms with E-state index < -0.39 is 0 Å². The second-order valence-electron chi connectivity index (χ2n) is 2.02. The van der Waals surface area contributed by atoms with E-state index in [1.165, 1.54) is 0 Å². The standard InChI is InChI=1S/C6H9BrN2O/c7-5-3-10-2-4(5)6(9)1-8/h2-3,6H,1,8-9H2. The molecule has 1 atom stereocenters. The van der Waals surface area contributed by atoms with Crippen LogP contribution in [0.4, 0.5) is 0 Å². The molecule has 0 aliphatic carbocycles. The molecule has 1 aromatic rings. The molecule has 10 heavy (non-hydrogen) atoms. The summed E-state index contributed by atoms with van der Waals surface area (Å²) < 4.78 is 5.77. The monoisotopic (exact) mass is 204 g/mol. The highest BCUT2D eigenvalue weighted by Gasteiger charge is 2.08. The van der Waals surface area contributed by atoms with E-state index in [0.29, 0.717) is 6.54 Å². The fraction of sp³-hybridized carbons (Fsp3) is 0.333. The molecule has 0 bridgehead atoms. The van der Waals surface area contributed by atoms with Crippen LogP contribution in [0.5, 0.6) is 0 Å². The lowest BCUT2D eigenvalue weighted by molar-refractivity contribution is 0.558. The van der Waals surface area contributed by atoms with Gasteiger partial charge in [0, 0.05) is 18.2 Å². The number of rotatable bonds is 2. The third kappa shape index (κ3) is 1.39. The smallest absolute Gasteiger partial charge is 0.105 e. The highest BCUT2D eigenvalue weighted by Crippen LogP contribution is 2.21. The van der Waals surface area contributed by atoms with E-state index in [1.54, 1.807) is 12.5 Å². The summed E-state index contributed by atoms with van der Waals surface area (Å²) in [6.07, 6.45) is 3.19. The Morgan fingerprint density at radius 1 is 1.60 bits per heavy atom. The van der Waals surface area contributed by atoms with Crippen LogP contribution in [0.3, 0.4) is 0 Å². The Morgan fingerprint density at radius 2 is 2.30 bits per heavy atom. The molecule has 0 saturated heterocycles. The van der Waals surface area contributed by atoms with Gasteiger partial charge in [0.15, 0.2) is 0 Å². The number of hydrogen-bond acceptors (Lipinski definition) is 3. The normalized spacial score (nSPS) is 13.5. The van der Waals surface area contributed by atoms with Crippen LogP contribution in [0.15, 0.2) is 21.4 Å². The fourth-order valence-corrected chi connectivity index (χ4v) is 1.18. The van der Waals surface area contributed by atoms with Crippen molar-refractivity contribution in [3.05, 3.63) is 22.6 Å². The minimum Gasteiger partial charge on any atom is -0.471 e. The first kappa shape index (κ1) is 7.78. The van der Waals surface area contributed by atoms with Crippen molar-refractivity contribution in [3.8, 4) is 0 Å². The van der Waals surface area contributed by atoms with E-state index in [4.69, 9.17) is 15.9 Å². The molecule has 0 amide bonds. The lowest BCUT2D eigenvalue weighted by Gasteiger charge is -2.04. The van der Waals surface area contributed by atoms with Crippen molar-refractivity contribution in [2.45, 2.75) is 6.04 Å². The summed E-state index contributed by atoms with van der Waals surface area (Å²) in [4.78, 5) is 0. The molecule has 4 heteroatoms. The summed E-state index contributed by atoms with van der Waals surface area (Å²) in [5, 5.41) is 0. The first-order chi connectivity index (χ1) is 4.75. The fourth-order valence-electron chi connectivity index (χ4n) is 0.683. The molecule has 56 valence electrons. The van der Waals surface area contributed by atoms with E-state index in [2.05, 4.69) is 15.9 Å². The summed E-state index contributed by atoms with van der Waals surface area (Å²) in [7, 11) is 0. The van der Waals surface area contributed by atoms with Crippen LogP contribution in [-0.4, -0.2) is 6.54 Å². The molecule has 0 spiro atoms. The Bertz CT molecular complexity index is 211. The molecule has 1 rings (SSSR count). The Balaban J connectivity index is 2.82. The average molecular weight is 205 g/mol. The van der Waals surface area contributed by atoms with Gasteiger partial charge < -0.3 is 15.9 Å². The first-order valence-corrected chi connectivity index (χ1v) is 3.72. The van der Waals surface area contributed by atoms with Gasteiger partial charge >= 0.3 is 0 Å². The Hall–Kier alpha value is -0.320. The Labute approximate surface area is 67.5 Å². The summed E-state index contributed by atoms with van der Waals surface area (Å²) in [6, 6.07) is -0.131. The Morgan fingerprint density at radius 3 is 2.70 bits per heavy atom. The molecule has 1 heterocycles. The first-order valence-electron chi connectivity index (χ1n) is 2.93. The van der Waals surface area contributed by atoms with Gasteiger partial charge in [0.05, 0.1) is 10.7 Å². The largest absolute Gasteiger partial charge is 0.471 e. The van der Waals surface area contributed by atoms with Crippen LogP contribution < -0.4 is 11.5 Å². The zero-order chi connectivity index (χ0) is 7.56. The SMILES string of the molecule is NCC(N)c1cocc1Br. The topological polar surface area (TPSA) is 65.2 Å². The second kappa shape index (κ2) is 3.18. The number of nitrogens with two attached hydrogens (primary N) is 2. The van der Waals surface area contributed by atoms with Gasteiger partial charge in [-0.15, -0.1) is 0 Å². The van der Waals surface area contributed by atoms with Gasteiger partial charge in [-0.3, -0.25) is 0 Å². The minimum atomic E-state index is -0.131. The summed E-state index contributed by atoms with van der Waals surface area (Å²) >= 11 is 3.28. The molecule has 1 unspecified atom stereocenters. The van der Waals surface area contributed by atoms with Gasteiger partial charge in [0.1, 0.15) is 6.26 Å². The molecule has 4 N–H and O–H groups in total. The maximum Gasteiger partial charge on any atom is 0.105 e. The van der Waals surface area contributed by atoms with Gasteiger partial charge in [0.2, 0.25) is 0 Å². The summed E-state index contributed by atoms with van der Waals surface area (Å²) in [5.74, 6) is 0. The summed E-state index contributed by atoms with van der Waals surface area (Å²) in [6.45, 7) is 0.429.